The van der Waals surface area contributed by atoms with Crippen LogP contribution in [0.15, 0.2) is 71.6 Å². The van der Waals surface area contributed by atoms with Crippen LogP contribution in [0.4, 0.5) is 5.69 Å². The fourth-order valence-electron chi connectivity index (χ4n) is 3.88. The molecule has 1 atom stereocenters. The SMILES string of the molecule is CSCC[C@@H](NS(=O)(=O)c1ccc(C)cc1)C(=O)Nc1ccc2c(c1)-c1ccccc1C2. The van der Waals surface area contributed by atoms with Gasteiger partial charge in [0.05, 0.1) is 4.90 Å². The molecular formula is C25H26N2O3S2. The second kappa shape index (κ2) is 9.48. The lowest BCUT2D eigenvalue weighted by atomic mass is 10.1. The highest BCUT2D eigenvalue weighted by Crippen LogP contribution is 2.37. The van der Waals surface area contributed by atoms with Crippen molar-refractivity contribution in [2.45, 2.75) is 30.7 Å². The third kappa shape index (κ3) is 4.90. The lowest BCUT2D eigenvalue weighted by molar-refractivity contribution is -0.117. The Morgan fingerprint density at radius 1 is 1.00 bits per heavy atom. The standard InChI is InChI=1S/C25H26N2O3S2/c1-17-7-11-21(12-8-17)32(29,30)27-24(13-14-31-2)25(28)26-20-10-9-19-15-18-5-3-4-6-22(18)23(19)16-20/h3-12,16,24,27H,13-15H2,1-2H3,(H,26,28)/t24-/m1/s1. The number of sulfonamides is 1. The Morgan fingerprint density at radius 2 is 1.72 bits per heavy atom. The van der Waals surface area contributed by atoms with Crippen LogP contribution in [0.1, 0.15) is 23.1 Å². The van der Waals surface area contributed by atoms with Crippen LogP contribution in [0.5, 0.6) is 0 Å². The summed E-state index contributed by atoms with van der Waals surface area (Å²) in [4.78, 5) is 13.2. The summed E-state index contributed by atoms with van der Waals surface area (Å²) in [6.07, 6.45) is 3.21. The summed E-state index contributed by atoms with van der Waals surface area (Å²) >= 11 is 1.57. The molecule has 0 radical (unpaired) electrons. The maximum Gasteiger partial charge on any atom is 0.242 e. The molecule has 166 valence electrons. The number of hydrogen-bond donors (Lipinski definition) is 2. The average molecular weight is 467 g/mol. The van der Waals surface area contributed by atoms with Gasteiger partial charge in [0, 0.05) is 5.69 Å². The van der Waals surface area contributed by atoms with Gasteiger partial charge in [-0.15, -0.1) is 0 Å². The molecule has 1 aliphatic carbocycles. The number of carbonyl (C=O) groups excluding carboxylic acids is 1. The molecule has 0 aromatic heterocycles. The minimum absolute atomic E-state index is 0.152. The van der Waals surface area contributed by atoms with E-state index >= 15 is 0 Å². The summed E-state index contributed by atoms with van der Waals surface area (Å²) in [7, 11) is -3.81. The molecule has 4 rings (SSSR count). The first-order valence-corrected chi connectivity index (χ1v) is 13.3. The molecule has 2 N–H and O–H groups in total. The maximum absolute atomic E-state index is 13.1. The Morgan fingerprint density at radius 3 is 2.47 bits per heavy atom. The van der Waals surface area contributed by atoms with Gasteiger partial charge in [0.25, 0.3) is 0 Å². The van der Waals surface area contributed by atoms with Gasteiger partial charge in [-0.05, 0) is 78.3 Å². The van der Waals surface area contributed by atoms with Crippen LogP contribution in [-0.2, 0) is 21.2 Å². The highest BCUT2D eigenvalue weighted by molar-refractivity contribution is 7.98. The molecule has 5 nitrogen and oxygen atoms in total. The largest absolute Gasteiger partial charge is 0.325 e. The van der Waals surface area contributed by atoms with Gasteiger partial charge in [0.2, 0.25) is 15.9 Å². The molecule has 0 unspecified atom stereocenters. The van der Waals surface area contributed by atoms with Crippen LogP contribution >= 0.6 is 11.8 Å². The summed E-state index contributed by atoms with van der Waals surface area (Å²) in [5, 5.41) is 2.92. The Hall–Kier alpha value is -2.61. The first kappa shape index (κ1) is 22.6. The van der Waals surface area contributed by atoms with E-state index in [1.165, 1.54) is 16.7 Å². The summed E-state index contributed by atoms with van der Waals surface area (Å²) in [5.41, 5.74) is 6.42. The maximum atomic E-state index is 13.1. The molecule has 0 fully saturated rings. The predicted molar refractivity (Wildman–Crippen MR) is 132 cm³/mol. The van der Waals surface area contributed by atoms with E-state index in [1.807, 2.05) is 43.5 Å². The van der Waals surface area contributed by atoms with E-state index in [2.05, 4.69) is 22.2 Å². The molecule has 0 bridgehead atoms. The van der Waals surface area contributed by atoms with Crippen LogP contribution in [0.2, 0.25) is 0 Å². The normalized spacial score (nSPS) is 13.3. The molecule has 0 aliphatic heterocycles. The predicted octanol–water partition coefficient (Wildman–Crippen LogP) is 4.60. The van der Waals surface area contributed by atoms with Gasteiger partial charge in [0.15, 0.2) is 0 Å². The summed E-state index contributed by atoms with van der Waals surface area (Å²) in [6, 6.07) is 19.9. The zero-order valence-electron chi connectivity index (χ0n) is 18.1. The zero-order valence-corrected chi connectivity index (χ0v) is 19.7. The number of rotatable bonds is 8. The number of thioether (sulfide) groups is 1. The zero-order chi connectivity index (χ0) is 22.7. The van der Waals surface area contributed by atoms with Crippen molar-refractivity contribution in [3.63, 3.8) is 0 Å². The Balaban J connectivity index is 1.54. The molecule has 0 saturated heterocycles. The van der Waals surface area contributed by atoms with Crippen LogP contribution < -0.4 is 10.0 Å². The molecule has 0 saturated carbocycles. The van der Waals surface area contributed by atoms with Crippen molar-refractivity contribution in [3.8, 4) is 11.1 Å². The summed E-state index contributed by atoms with van der Waals surface area (Å²) in [5.74, 6) is 0.299. The van der Waals surface area contributed by atoms with Crippen LogP contribution in [0.3, 0.4) is 0 Å². The van der Waals surface area contributed by atoms with Crippen molar-refractivity contribution in [1.29, 1.82) is 0 Å². The minimum atomic E-state index is -3.81. The van der Waals surface area contributed by atoms with Crippen LogP contribution in [0.25, 0.3) is 11.1 Å². The van der Waals surface area contributed by atoms with Crippen LogP contribution in [-0.4, -0.2) is 32.4 Å². The quantitative estimate of drug-likeness (QED) is 0.398. The number of nitrogens with one attached hydrogen (secondary N) is 2. The molecule has 0 heterocycles. The first-order chi connectivity index (χ1) is 15.4. The highest BCUT2D eigenvalue weighted by Gasteiger charge is 2.26. The Labute approximate surface area is 193 Å². The van der Waals surface area contributed by atoms with E-state index in [4.69, 9.17) is 0 Å². The highest BCUT2D eigenvalue weighted by atomic mass is 32.2. The molecule has 3 aromatic carbocycles. The van der Waals surface area contributed by atoms with Gasteiger partial charge >= 0.3 is 0 Å². The molecule has 3 aromatic rings. The fourth-order valence-corrected chi connectivity index (χ4v) is 5.58. The molecule has 1 aliphatic rings. The van der Waals surface area contributed by atoms with E-state index in [0.29, 0.717) is 17.9 Å². The van der Waals surface area contributed by atoms with Crippen molar-refractivity contribution >= 4 is 33.4 Å². The topological polar surface area (TPSA) is 75.3 Å². The first-order valence-electron chi connectivity index (χ1n) is 10.5. The number of amides is 1. The Kier molecular flexibility index (Phi) is 6.69. The third-order valence-corrected chi connectivity index (χ3v) is 7.75. The number of carbonyl (C=O) groups is 1. The van der Waals surface area contributed by atoms with E-state index in [-0.39, 0.29) is 10.8 Å². The molecule has 7 heteroatoms. The van der Waals surface area contributed by atoms with E-state index in [0.717, 1.165) is 17.5 Å². The molecule has 0 spiro atoms. The van der Waals surface area contributed by atoms with Gasteiger partial charge < -0.3 is 5.32 Å². The summed E-state index contributed by atoms with van der Waals surface area (Å²) < 4.78 is 28.3. The monoisotopic (exact) mass is 466 g/mol. The van der Waals surface area contributed by atoms with E-state index in [9.17, 15) is 13.2 Å². The van der Waals surface area contributed by atoms with Gasteiger partial charge in [-0.2, -0.15) is 16.5 Å². The van der Waals surface area contributed by atoms with E-state index in [1.54, 1.807) is 36.0 Å². The van der Waals surface area contributed by atoms with Crippen LogP contribution in [0, 0.1) is 6.92 Å². The average Bonchev–Trinajstić information content (AvgIpc) is 3.15. The fraction of sp³-hybridized carbons (Fsp3) is 0.240. The Bertz CT molecular complexity index is 1240. The summed E-state index contributed by atoms with van der Waals surface area (Å²) in [6.45, 7) is 1.90. The third-order valence-electron chi connectivity index (χ3n) is 5.62. The second-order valence-electron chi connectivity index (χ2n) is 7.96. The van der Waals surface area contributed by atoms with Gasteiger partial charge in [0.1, 0.15) is 6.04 Å². The number of hydrogen-bond acceptors (Lipinski definition) is 4. The van der Waals surface area contributed by atoms with Crippen molar-refractivity contribution in [2.75, 3.05) is 17.3 Å². The van der Waals surface area contributed by atoms with E-state index < -0.39 is 16.1 Å². The lowest BCUT2D eigenvalue weighted by Gasteiger charge is -2.19. The van der Waals surface area contributed by atoms with Gasteiger partial charge in [-0.1, -0.05) is 48.0 Å². The van der Waals surface area contributed by atoms with Crippen molar-refractivity contribution in [3.05, 3.63) is 83.4 Å². The van der Waals surface area contributed by atoms with Crippen molar-refractivity contribution < 1.29 is 13.2 Å². The van der Waals surface area contributed by atoms with Crippen molar-refractivity contribution in [1.82, 2.24) is 4.72 Å². The minimum Gasteiger partial charge on any atom is -0.325 e. The second-order valence-corrected chi connectivity index (χ2v) is 10.7. The molecule has 1 amide bonds. The number of fused-ring (bicyclic) bond motifs is 3. The smallest absolute Gasteiger partial charge is 0.242 e. The molecule has 32 heavy (non-hydrogen) atoms. The number of aryl methyl sites for hydroxylation is 1. The number of anilines is 1. The molecular weight excluding hydrogens is 440 g/mol. The lowest BCUT2D eigenvalue weighted by Crippen LogP contribution is -2.44. The number of benzene rings is 3. The van der Waals surface area contributed by atoms with Gasteiger partial charge in [-0.3, -0.25) is 4.79 Å². The van der Waals surface area contributed by atoms with Gasteiger partial charge in [-0.25, -0.2) is 8.42 Å². The van der Waals surface area contributed by atoms with Crippen molar-refractivity contribution in [2.24, 2.45) is 0 Å².